The van der Waals surface area contributed by atoms with Gasteiger partial charge in [-0.3, -0.25) is 4.79 Å². The number of hydrogen-bond donors (Lipinski definition) is 1. The van der Waals surface area contributed by atoms with Crippen molar-refractivity contribution in [3.8, 4) is 0 Å². The lowest BCUT2D eigenvalue weighted by atomic mass is 9.80. The summed E-state index contributed by atoms with van der Waals surface area (Å²) >= 11 is 0. The van der Waals surface area contributed by atoms with Gasteiger partial charge in [0.25, 0.3) is 0 Å². The molecule has 5 heteroatoms. The first-order valence-corrected chi connectivity index (χ1v) is 6.31. The minimum atomic E-state index is -3.07. The van der Waals surface area contributed by atoms with E-state index >= 15 is 0 Å². The van der Waals surface area contributed by atoms with Gasteiger partial charge < -0.3 is 5.32 Å². The third kappa shape index (κ3) is 1.50. The second-order valence-electron chi connectivity index (χ2n) is 3.97. The topological polar surface area (TPSA) is 63.2 Å². The fourth-order valence-corrected chi connectivity index (χ4v) is 3.66. The zero-order valence-corrected chi connectivity index (χ0v) is 8.19. The average molecular weight is 203 g/mol. The van der Waals surface area contributed by atoms with E-state index in [4.69, 9.17) is 0 Å². The van der Waals surface area contributed by atoms with Crippen LogP contribution in [0, 0.1) is 5.41 Å². The number of Topliss-reactive ketones (excluding diaryl/α,β-unsaturated/α-hetero) is 1. The molecule has 1 spiro atoms. The number of ketones is 1. The number of rotatable bonds is 0. The van der Waals surface area contributed by atoms with Gasteiger partial charge in [-0.15, -0.1) is 0 Å². The summed E-state index contributed by atoms with van der Waals surface area (Å²) in [6, 6.07) is 0. The smallest absolute Gasteiger partial charge is 0.157 e. The van der Waals surface area contributed by atoms with Gasteiger partial charge in [0.15, 0.2) is 15.6 Å². The van der Waals surface area contributed by atoms with Crippen molar-refractivity contribution in [1.29, 1.82) is 0 Å². The van der Waals surface area contributed by atoms with Crippen LogP contribution in [-0.2, 0) is 14.6 Å². The van der Waals surface area contributed by atoms with E-state index in [2.05, 4.69) is 5.32 Å². The van der Waals surface area contributed by atoms with Crippen molar-refractivity contribution in [2.45, 2.75) is 12.8 Å². The largest absolute Gasteiger partial charge is 0.316 e. The molecule has 0 aliphatic carbocycles. The molecule has 2 aliphatic rings. The predicted molar refractivity (Wildman–Crippen MR) is 48.2 cm³/mol. The van der Waals surface area contributed by atoms with Crippen LogP contribution in [0.1, 0.15) is 12.8 Å². The van der Waals surface area contributed by atoms with Crippen LogP contribution in [0.3, 0.4) is 0 Å². The molecule has 2 fully saturated rings. The molecular weight excluding hydrogens is 190 g/mol. The highest BCUT2D eigenvalue weighted by atomic mass is 32.2. The molecule has 0 radical (unpaired) electrons. The SMILES string of the molecule is O=C1CS(=O)(=O)CCC12CCNC2. The summed E-state index contributed by atoms with van der Waals surface area (Å²) < 4.78 is 22.3. The molecule has 2 rings (SSSR count). The second-order valence-corrected chi connectivity index (χ2v) is 6.16. The van der Waals surface area contributed by atoms with Gasteiger partial charge >= 0.3 is 0 Å². The standard InChI is InChI=1S/C8H13NO3S/c10-7-5-13(11,12)4-2-8(7)1-3-9-6-8/h9H,1-6H2. The Bertz CT molecular complexity index is 327. The molecule has 4 nitrogen and oxygen atoms in total. The summed E-state index contributed by atoms with van der Waals surface area (Å²) in [5.41, 5.74) is -0.342. The molecule has 2 saturated heterocycles. The first kappa shape index (κ1) is 9.15. The molecule has 1 unspecified atom stereocenters. The second kappa shape index (κ2) is 2.78. The van der Waals surface area contributed by atoms with E-state index in [0.29, 0.717) is 13.0 Å². The fourth-order valence-electron chi connectivity index (χ4n) is 2.11. The number of hydrogen-bond acceptors (Lipinski definition) is 4. The molecule has 74 valence electrons. The maximum absolute atomic E-state index is 11.6. The van der Waals surface area contributed by atoms with Crippen molar-refractivity contribution >= 4 is 15.6 Å². The van der Waals surface area contributed by atoms with E-state index < -0.39 is 9.84 Å². The summed E-state index contributed by atoms with van der Waals surface area (Å²) in [7, 11) is -3.07. The van der Waals surface area contributed by atoms with Crippen molar-refractivity contribution < 1.29 is 13.2 Å². The van der Waals surface area contributed by atoms with Gasteiger partial charge in [0.05, 0.1) is 5.75 Å². The highest BCUT2D eigenvalue weighted by Gasteiger charge is 2.46. The monoisotopic (exact) mass is 203 g/mol. The van der Waals surface area contributed by atoms with Gasteiger partial charge in [0.1, 0.15) is 5.75 Å². The Morgan fingerprint density at radius 3 is 2.62 bits per heavy atom. The van der Waals surface area contributed by atoms with Crippen LogP contribution in [0.5, 0.6) is 0 Å². The Hall–Kier alpha value is -0.420. The van der Waals surface area contributed by atoms with Crippen LogP contribution in [0.15, 0.2) is 0 Å². The van der Waals surface area contributed by atoms with Gasteiger partial charge in [0.2, 0.25) is 0 Å². The van der Waals surface area contributed by atoms with Crippen LogP contribution in [0.4, 0.5) is 0 Å². The molecule has 13 heavy (non-hydrogen) atoms. The lowest BCUT2D eigenvalue weighted by molar-refractivity contribution is -0.125. The molecule has 0 aromatic heterocycles. The maximum atomic E-state index is 11.6. The van der Waals surface area contributed by atoms with Gasteiger partial charge in [-0.2, -0.15) is 0 Å². The molecule has 0 aromatic rings. The fraction of sp³-hybridized carbons (Fsp3) is 0.875. The summed E-state index contributed by atoms with van der Waals surface area (Å²) in [6.45, 7) is 1.51. The molecule has 2 aliphatic heterocycles. The van der Waals surface area contributed by atoms with E-state index in [1.807, 2.05) is 0 Å². The minimum absolute atomic E-state index is 0.0799. The van der Waals surface area contributed by atoms with Crippen molar-refractivity contribution in [2.75, 3.05) is 24.6 Å². The van der Waals surface area contributed by atoms with Crippen molar-refractivity contribution in [3.63, 3.8) is 0 Å². The Morgan fingerprint density at radius 2 is 2.08 bits per heavy atom. The number of nitrogens with one attached hydrogen (secondary N) is 1. The van der Waals surface area contributed by atoms with Gasteiger partial charge in [0, 0.05) is 12.0 Å². The van der Waals surface area contributed by atoms with E-state index in [9.17, 15) is 13.2 Å². The number of carbonyl (C=O) groups is 1. The van der Waals surface area contributed by atoms with Gasteiger partial charge in [-0.1, -0.05) is 0 Å². The summed E-state index contributed by atoms with van der Waals surface area (Å²) in [4.78, 5) is 11.6. The first-order valence-electron chi connectivity index (χ1n) is 4.49. The van der Waals surface area contributed by atoms with Crippen LogP contribution in [0.25, 0.3) is 0 Å². The summed E-state index contributed by atoms with van der Waals surface area (Å²) in [6.07, 6.45) is 1.32. The molecule has 0 amide bonds. The molecule has 2 heterocycles. The Morgan fingerprint density at radius 1 is 1.31 bits per heavy atom. The molecule has 0 saturated carbocycles. The molecular formula is C8H13NO3S. The molecule has 1 N–H and O–H groups in total. The Labute approximate surface area is 77.6 Å². The zero-order valence-electron chi connectivity index (χ0n) is 7.38. The summed E-state index contributed by atoms with van der Waals surface area (Å²) in [5.74, 6) is -0.140. The van der Waals surface area contributed by atoms with Gasteiger partial charge in [-0.05, 0) is 19.4 Å². The van der Waals surface area contributed by atoms with Crippen LogP contribution < -0.4 is 5.32 Å². The third-order valence-corrected chi connectivity index (χ3v) is 4.61. The summed E-state index contributed by atoms with van der Waals surface area (Å²) in [5, 5.41) is 3.12. The Balaban J connectivity index is 2.22. The van der Waals surface area contributed by atoms with Crippen LogP contribution in [-0.4, -0.2) is 38.8 Å². The van der Waals surface area contributed by atoms with E-state index in [1.165, 1.54) is 0 Å². The average Bonchev–Trinajstić information content (AvgIpc) is 2.47. The van der Waals surface area contributed by atoms with Crippen molar-refractivity contribution in [1.82, 2.24) is 5.32 Å². The van der Waals surface area contributed by atoms with E-state index in [1.54, 1.807) is 0 Å². The van der Waals surface area contributed by atoms with Crippen LogP contribution in [0.2, 0.25) is 0 Å². The molecule has 0 bridgehead atoms. The lowest BCUT2D eigenvalue weighted by Gasteiger charge is -2.30. The van der Waals surface area contributed by atoms with E-state index in [0.717, 1.165) is 13.0 Å². The quantitative estimate of drug-likeness (QED) is 0.568. The third-order valence-electron chi connectivity index (χ3n) is 3.08. The predicted octanol–water partition coefficient (Wildman–Crippen LogP) is -0.646. The van der Waals surface area contributed by atoms with Crippen molar-refractivity contribution in [3.05, 3.63) is 0 Å². The number of carbonyl (C=O) groups excluding carboxylic acids is 1. The zero-order chi connectivity index (χ0) is 9.53. The van der Waals surface area contributed by atoms with Gasteiger partial charge in [-0.25, -0.2) is 8.42 Å². The van der Waals surface area contributed by atoms with Crippen LogP contribution >= 0.6 is 0 Å². The number of sulfone groups is 1. The Kier molecular flexibility index (Phi) is 1.96. The normalized spacial score (nSPS) is 38.3. The lowest BCUT2D eigenvalue weighted by Crippen LogP contribution is -2.44. The van der Waals surface area contributed by atoms with Crippen molar-refractivity contribution in [2.24, 2.45) is 5.41 Å². The van der Waals surface area contributed by atoms with E-state index in [-0.39, 0.29) is 22.7 Å². The molecule has 0 aromatic carbocycles. The first-order chi connectivity index (χ1) is 6.04. The molecule has 1 atom stereocenters. The highest BCUT2D eigenvalue weighted by Crippen LogP contribution is 2.34. The maximum Gasteiger partial charge on any atom is 0.157 e. The minimum Gasteiger partial charge on any atom is -0.316 e. The highest BCUT2D eigenvalue weighted by molar-refractivity contribution is 7.92.